The summed E-state index contributed by atoms with van der Waals surface area (Å²) in [7, 11) is 0. The molecule has 0 spiro atoms. The van der Waals surface area contributed by atoms with Gasteiger partial charge in [-0.2, -0.15) is 26.3 Å². The Kier molecular flexibility index (Phi) is 28.6. The first kappa shape index (κ1) is 65.2. The van der Waals surface area contributed by atoms with Crippen molar-refractivity contribution in [3.05, 3.63) is 0 Å². The molecule has 0 unspecified atom stereocenters. The van der Waals surface area contributed by atoms with Crippen molar-refractivity contribution >= 4 is 23.6 Å². The van der Waals surface area contributed by atoms with Crippen molar-refractivity contribution in [3.8, 4) is 0 Å². The SMILES string of the molecule is NC(COCCC(=O)NCCOCCOCCOCCOC[C@@]12CO[C@@H](O1)[C@@H](NC(=O)C(F)(F)F)[C@@H](O)[C@H]2O)COCCC(=O)NCCOCCOCCOCCOC[C@@]12CO[C@@H](O1)[C@@H](NC(=O)C(F)(F)F)[C@@H](O)[C@H]2O. The monoisotopic (exact) mass is 1120 g/mol. The van der Waals surface area contributed by atoms with Crippen molar-refractivity contribution < 1.29 is 132 Å². The van der Waals surface area contributed by atoms with E-state index in [0.29, 0.717) is 0 Å². The van der Waals surface area contributed by atoms with E-state index in [2.05, 4.69) is 10.6 Å². The standard InChI is InChI=1S/C43H71F6N5O22/c44-42(45,46)38(61)53-30-32(57)34(59)40(25-73-36(30)75-40)23-71-19-17-67-15-13-65-11-9-63-7-3-51-28(55)1-5-69-21-27(50)22-70-6-2-29(56)52-4-8-64-10-12-66-14-16-68-18-20-72-24-41-26-74-37(76-41)31(33(58)35(41)60)54-39(62)43(47,48)49/h27,30-37,57-60H,1-26,50H2,(H,51,55)(H,52,56)(H,53,61)(H,54,62)/t30-,31-,32+,33+,34+,35+,36-,37-,40-,41-/m0/s1. The number of hydrogen-bond acceptors (Lipinski definition) is 23. The third kappa shape index (κ3) is 22.1. The lowest BCUT2D eigenvalue weighted by molar-refractivity contribution is -0.240. The number of amides is 4. The van der Waals surface area contributed by atoms with Crippen LogP contribution >= 0.6 is 0 Å². The van der Waals surface area contributed by atoms with Gasteiger partial charge in [0.05, 0.1) is 151 Å². The summed E-state index contributed by atoms with van der Waals surface area (Å²) in [6.45, 7) is 2.90. The Hall–Kier alpha value is -3.30. The molecule has 4 amide bonds. The molecule has 0 aliphatic carbocycles. The van der Waals surface area contributed by atoms with E-state index in [0.717, 1.165) is 0 Å². The molecule has 33 heteroatoms. The Balaban J connectivity index is 0.828. The van der Waals surface area contributed by atoms with Crippen LogP contribution in [0.3, 0.4) is 0 Å². The van der Waals surface area contributed by atoms with Crippen LogP contribution < -0.4 is 27.0 Å². The minimum atomic E-state index is -5.20. The molecule has 4 bridgehead atoms. The summed E-state index contributed by atoms with van der Waals surface area (Å²) in [5.74, 6) is -5.09. The zero-order valence-electron chi connectivity index (χ0n) is 41.6. The van der Waals surface area contributed by atoms with Gasteiger partial charge in [-0.25, -0.2) is 0 Å². The van der Waals surface area contributed by atoms with E-state index in [1.807, 2.05) is 0 Å². The number of halogens is 6. The van der Waals surface area contributed by atoms with Gasteiger partial charge in [-0.1, -0.05) is 0 Å². The van der Waals surface area contributed by atoms with Gasteiger partial charge >= 0.3 is 24.2 Å². The van der Waals surface area contributed by atoms with Crippen LogP contribution in [-0.4, -0.2) is 281 Å². The Morgan fingerprint density at radius 3 is 1.14 bits per heavy atom. The molecule has 4 rings (SSSR count). The highest BCUT2D eigenvalue weighted by Crippen LogP contribution is 2.39. The number of nitrogens with one attached hydrogen (secondary N) is 4. The van der Waals surface area contributed by atoms with Crippen LogP contribution in [0.5, 0.6) is 0 Å². The molecular formula is C43H71F6N5O22. The number of aliphatic hydroxyl groups is 4. The Labute approximate surface area is 432 Å². The van der Waals surface area contributed by atoms with Gasteiger partial charge in [-0.15, -0.1) is 0 Å². The summed E-state index contributed by atoms with van der Waals surface area (Å²) in [5, 5.41) is 50.3. The summed E-state index contributed by atoms with van der Waals surface area (Å²) in [4.78, 5) is 46.7. The average molecular weight is 1120 g/mol. The van der Waals surface area contributed by atoms with Crippen molar-refractivity contribution in [3.63, 3.8) is 0 Å². The lowest BCUT2D eigenvalue weighted by Gasteiger charge is -2.42. The molecular weight excluding hydrogens is 1050 g/mol. The molecule has 4 heterocycles. The molecule has 0 radical (unpaired) electrons. The van der Waals surface area contributed by atoms with Crippen LogP contribution in [0.4, 0.5) is 26.3 Å². The number of alkyl halides is 6. The lowest BCUT2D eigenvalue weighted by atomic mass is 9.88. The number of hydrogen-bond donors (Lipinski definition) is 9. The number of aliphatic hydroxyl groups excluding tert-OH is 4. The number of carbonyl (C=O) groups is 4. The zero-order chi connectivity index (χ0) is 55.6. The second-order valence-corrected chi connectivity index (χ2v) is 17.5. The maximum absolute atomic E-state index is 12.6. The third-order valence-electron chi connectivity index (χ3n) is 11.5. The Bertz CT molecular complexity index is 1600. The van der Waals surface area contributed by atoms with Crippen molar-refractivity contribution in [2.24, 2.45) is 5.73 Å². The van der Waals surface area contributed by atoms with E-state index in [1.165, 1.54) is 0 Å². The van der Waals surface area contributed by atoms with Gasteiger partial charge in [0.25, 0.3) is 0 Å². The number of fused-ring (bicyclic) bond motifs is 4. The van der Waals surface area contributed by atoms with Crippen molar-refractivity contribution in [2.75, 3.05) is 158 Å². The van der Waals surface area contributed by atoms with Gasteiger partial charge < -0.3 is 114 Å². The number of carbonyl (C=O) groups excluding carboxylic acids is 4. The number of ether oxygens (including phenoxy) is 14. The van der Waals surface area contributed by atoms with Crippen molar-refractivity contribution in [1.29, 1.82) is 0 Å². The molecule has 76 heavy (non-hydrogen) atoms. The van der Waals surface area contributed by atoms with Crippen LogP contribution in [0.25, 0.3) is 0 Å². The van der Waals surface area contributed by atoms with Gasteiger partial charge in [0.2, 0.25) is 11.8 Å². The fraction of sp³-hybridized carbons (Fsp3) is 0.907. The van der Waals surface area contributed by atoms with Crippen LogP contribution in [0.1, 0.15) is 12.8 Å². The topological polar surface area (TPSA) is 353 Å². The predicted octanol–water partition coefficient (Wildman–Crippen LogP) is -4.72. The second-order valence-electron chi connectivity index (χ2n) is 17.5. The average Bonchev–Trinajstić information content (AvgIpc) is 4.00. The minimum Gasteiger partial charge on any atom is -0.388 e. The predicted molar refractivity (Wildman–Crippen MR) is 239 cm³/mol. The van der Waals surface area contributed by atoms with E-state index >= 15 is 0 Å². The highest BCUT2D eigenvalue weighted by molar-refractivity contribution is 5.82. The number of rotatable bonds is 40. The molecule has 10 atom stereocenters. The van der Waals surface area contributed by atoms with Crippen LogP contribution in [-0.2, 0) is 85.5 Å². The first-order valence-electron chi connectivity index (χ1n) is 24.3. The molecule has 0 aromatic heterocycles. The largest absolute Gasteiger partial charge is 0.471 e. The van der Waals surface area contributed by atoms with Crippen molar-refractivity contribution in [1.82, 2.24) is 21.3 Å². The normalized spacial score (nSPS) is 27.2. The Morgan fingerprint density at radius 2 is 0.816 bits per heavy atom. The van der Waals surface area contributed by atoms with Crippen LogP contribution in [0.2, 0.25) is 0 Å². The molecule has 0 saturated carbocycles. The van der Waals surface area contributed by atoms with Crippen molar-refractivity contribution in [2.45, 2.75) is 91.5 Å². The molecule has 4 fully saturated rings. The smallest absolute Gasteiger partial charge is 0.388 e. The summed E-state index contributed by atoms with van der Waals surface area (Å²) >= 11 is 0. The minimum absolute atomic E-state index is 0.0531. The van der Waals surface area contributed by atoms with Gasteiger partial charge in [0.15, 0.2) is 12.6 Å². The fourth-order valence-electron chi connectivity index (χ4n) is 7.50. The van der Waals surface area contributed by atoms with E-state index < -0.39 is 90.5 Å². The molecule has 4 saturated heterocycles. The molecule has 27 nitrogen and oxygen atoms in total. The van der Waals surface area contributed by atoms with Gasteiger partial charge in [0, 0.05) is 25.9 Å². The van der Waals surface area contributed by atoms with Crippen LogP contribution in [0, 0.1) is 0 Å². The maximum atomic E-state index is 12.6. The summed E-state index contributed by atoms with van der Waals surface area (Å²) in [5.41, 5.74) is 2.91. The van der Waals surface area contributed by atoms with E-state index in [1.54, 1.807) is 10.6 Å². The molecule has 0 aromatic carbocycles. The first-order valence-corrected chi connectivity index (χ1v) is 24.3. The summed E-state index contributed by atoms with van der Waals surface area (Å²) in [6.07, 6.45) is -20.0. The third-order valence-corrected chi connectivity index (χ3v) is 11.5. The highest BCUT2D eigenvalue weighted by Gasteiger charge is 2.62. The summed E-state index contributed by atoms with van der Waals surface area (Å²) in [6, 6.07) is -3.74. The molecule has 0 aromatic rings. The second kappa shape index (κ2) is 33.3. The zero-order valence-corrected chi connectivity index (χ0v) is 41.6. The van der Waals surface area contributed by atoms with E-state index in [-0.39, 0.29) is 183 Å². The lowest BCUT2D eigenvalue weighted by Crippen LogP contribution is -2.67. The molecule has 10 N–H and O–H groups in total. The van der Waals surface area contributed by atoms with E-state index in [4.69, 9.17) is 72.0 Å². The number of nitrogens with two attached hydrogens (primary N) is 1. The molecule has 442 valence electrons. The molecule has 4 aliphatic heterocycles. The Morgan fingerprint density at radius 1 is 0.500 bits per heavy atom. The van der Waals surface area contributed by atoms with E-state index in [9.17, 15) is 65.9 Å². The van der Waals surface area contributed by atoms with Gasteiger partial charge in [-0.3, -0.25) is 19.2 Å². The maximum Gasteiger partial charge on any atom is 0.471 e. The van der Waals surface area contributed by atoms with Crippen LogP contribution in [0.15, 0.2) is 0 Å². The van der Waals surface area contributed by atoms with Gasteiger partial charge in [0.1, 0.15) is 47.7 Å². The molecule has 4 aliphatic rings. The summed E-state index contributed by atoms with van der Waals surface area (Å²) < 4.78 is 152. The highest BCUT2D eigenvalue weighted by atomic mass is 19.4. The quantitative estimate of drug-likeness (QED) is 0.0206. The fourth-order valence-corrected chi connectivity index (χ4v) is 7.50. The first-order chi connectivity index (χ1) is 36.2. The van der Waals surface area contributed by atoms with Gasteiger partial charge in [-0.05, 0) is 0 Å².